The van der Waals surface area contributed by atoms with Gasteiger partial charge >= 0.3 is 0 Å². The van der Waals surface area contributed by atoms with Gasteiger partial charge in [0, 0.05) is 13.1 Å². The summed E-state index contributed by atoms with van der Waals surface area (Å²) in [5.41, 5.74) is 3.41. The predicted octanol–water partition coefficient (Wildman–Crippen LogP) is 5.53. The second kappa shape index (κ2) is 9.11. The quantitative estimate of drug-likeness (QED) is 0.393. The second-order valence-electron chi connectivity index (χ2n) is 8.15. The van der Waals surface area contributed by atoms with Gasteiger partial charge in [0.15, 0.2) is 0 Å². The van der Waals surface area contributed by atoms with Gasteiger partial charge in [0.25, 0.3) is 5.56 Å². The van der Waals surface area contributed by atoms with Crippen molar-refractivity contribution in [3.63, 3.8) is 0 Å². The molecule has 160 valence electrons. The number of aryl methyl sites for hydroxylation is 1. The largest absolute Gasteiger partial charge is 0.489 e. The Morgan fingerprint density at radius 1 is 0.938 bits per heavy atom. The molecule has 32 heavy (non-hydrogen) atoms. The number of rotatable bonds is 7. The number of nitrogens with zero attached hydrogens (tertiary/aromatic N) is 2. The van der Waals surface area contributed by atoms with Gasteiger partial charge in [0.05, 0.1) is 17.0 Å². The van der Waals surface area contributed by atoms with Crippen molar-refractivity contribution in [1.29, 1.82) is 5.26 Å². The maximum absolute atomic E-state index is 11.8. The summed E-state index contributed by atoms with van der Waals surface area (Å²) in [4.78, 5) is 11.8. The van der Waals surface area contributed by atoms with Crippen LogP contribution in [0.1, 0.15) is 30.0 Å². The van der Waals surface area contributed by atoms with Crippen LogP contribution < -0.4 is 10.3 Å². The Morgan fingerprint density at radius 3 is 2.50 bits per heavy atom. The van der Waals surface area contributed by atoms with E-state index in [4.69, 9.17) is 4.74 Å². The van der Waals surface area contributed by atoms with E-state index < -0.39 is 5.41 Å². The van der Waals surface area contributed by atoms with Crippen molar-refractivity contribution in [2.75, 3.05) is 0 Å². The topological polar surface area (TPSA) is 55.0 Å². The van der Waals surface area contributed by atoms with Crippen LogP contribution in [0.5, 0.6) is 5.75 Å². The first kappa shape index (κ1) is 21.4. The molecule has 0 aliphatic rings. The molecule has 4 nitrogen and oxygen atoms in total. The van der Waals surface area contributed by atoms with Crippen LogP contribution in [-0.4, -0.2) is 4.57 Å². The van der Waals surface area contributed by atoms with Crippen molar-refractivity contribution in [3.05, 3.63) is 112 Å². The van der Waals surface area contributed by atoms with E-state index in [1.54, 1.807) is 17.7 Å². The number of benzene rings is 3. The van der Waals surface area contributed by atoms with Crippen LogP contribution in [0.2, 0.25) is 0 Å². The smallest absolute Gasteiger partial charge is 0.250 e. The van der Waals surface area contributed by atoms with Crippen molar-refractivity contribution in [1.82, 2.24) is 4.57 Å². The van der Waals surface area contributed by atoms with Crippen molar-refractivity contribution in [2.24, 2.45) is 7.05 Å². The maximum atomic E-state index is 11.8. The minimum Gasteiger partial charge on any atom is -0.489 e. The van der Waals surface area contributed by atoms with Crippen LogP contribution in [0.15, 0.2) is 89.7 Å². The maximum Gasteiger partial charge on any atom is 0.250 e. The number of ether oxygens (including phenoxy) is 1. The summed E-state index contributed by atoms with van der Waals surface area (Å²) in [6.45, 7) is 2.47. The third-order valence-corrected chi connectivity index (χ3v) is 6.15. The standard InChI is InChI=1S/C28H26N2O2/c1-3-28(20-29,18-21-8-5-4-6-9-21)24-10-7-11-25(17-24)32-19-22-12-14-26-23(16-22)13-15-27(31)30(26)2/h4-17H,3,18-19H2,1-2H3. The normalized spacial score (nSPS) is 12.8. The molecule has 0 aliphatic heterocycles. The van der Waals surface area contributed by atoms with Gasteiger partial charge in [-0.05, 0) is 65.3 Å². The lowest BCUT2D eigenvalue weighted by atomic mass is 9.75. The average Bonchev–Trinajstić information content (AvgIpc) is 2.84. The molecule has 1 atom stereocenters. The Bertz CT molecular complexity index is 1340. The molecule has 3 aromatic carbocycles. The first-order chi connectivity index (χ1) is 15.5. The van der Waals surface area contributed by atoms with Gasteiger partial charge in [0.1, 0.15) is 12.4 Å². The first-order valence-corrected chi connectivity index (χ1v) is 10.8. The number of pyridine rings is 1. The summed E-state index contributed by atoms with van der Waals surface area (Å²) in [6.07, 6.45) is 1.37. The molecule has 4 rings (SSSR count). The number of aromatic nitrogens is 1. The Balaban J connectivity index is 1.56. The Labute approximate surface area is 188 Å². The van der Waals surface area contributed by atoms with Crippen molar-refractivity contribution >= 4 is 10.9 Å². The summed E-state index contributed by atoms with van der Waals surface area (Å²) in [5, 5.41) is 11.1. The zero-order chi connectivity index (χ0) is 22.6. The molecule has 1 heterocycles. The number of fused-ring (bicyclic) bond motifs is 1. The van der Waals surface area contributed by atoms with Gasteiger partial charge in [-0.3, -0.25) is 4.79 Å². The molecule has 4 aromatic rings. The minimum absolute atomic E-state index is 0.0225. The summed E-state index contributed by atoms with van der Waals surface area (Å²) < 4.78 is 7.73. The van der Waals surface area contributed by atoms with Crippen molar-refractivity contribution < 1.29 is 4.74 Å². The zero-order valence-electron chi connectivity index (χ0n) is 18.4. The highest BCUT2D eigenvalue weighted by Crippen LogP contribution is 2.33. The summed E-state index contributed by atoms with van der Waals surface area (Å²) in [5.74, 6) is 0.740. The van der Waals surface area contributed by atoms with E-state index in [0.29, 0.717) is 19.4 Å². The molecule has 0 radical (unpaired) electrons. The van der Waals surface area contributed by atoms with E-state index in [0.717, 1.165) is 33.3 Å². The molecule has 0 fully saturated rings. The number of hydrogen-bond acceptors (Lipinski definition) is 3. The SMILES string of the molecule is CCC(C#N)(Cc1ccccc1)c1cccc(OCc2ccc3c(ccc(=O)n3C)c2)c1. The first-order valence-electron chi connectivity index (χ1n) is 10.8. The molecule has 0 bridgehead atoms. The molecule has 4 heteroatoms. The molecular formula is C28H26N2O2. The van der Waals surface area contributed by atoms with Crippen LogP contribution in [-0.2, 0) is 25.5 Å². The van der Waals surface area contributed by atoms with Gasteiger partial charge < -0.3 is 9.30 Å². The van der Waals surface area contributed by atoms with Crippen LogP contribution in [0.4, 0.5) is 0 Å². The highest BCUT2D eigenvalue weighted by molar-refractivity contribution is 5.79. The van der Waals surface area contributed by atoms with Gasteiger partial charge in [-0.25, -0.2) is 0 Å². The molecule has 0 saturated heterocycles. The Kier molecular flexibility index (Phi) is 6.09. The van der Waals surface area contributed by atoms with Crippen molar-refractivity contribution in [2.45, 2.75) is 31.8 Å². The van der Waals surface area contributed by atoms with Gasteiger partial charge in [-0.1, -0.05) is 55.5 Å². The average molecular weight is 423 g/mol. The number of nitriles is 1. The third kappa shape index (κ3) is 4.29. The van der Waals surface area contributed by atoms with E-state index in [1.807, 2.05) is 66.7 Å². The lowest BCUT2D eigenvalue weighted by molar-refractivity contribution is 0.305. The summed E-state index contributed by atoms with van der Waals surface area (Å²) >= 11 is 0. The van der Waals surface area contributed by atoms with E-state index in [2.05, 4.69) is 25.1 Å². The molecule has 0 N–H and O–H groups in total. The second-order valence-corrected chi connectivity index (χ2v) is 8.15. The van der Waals surface area contributed by atoms with Gasteiger partial charge in [0.2, 0.25) is 0 Å². The van der Waals surface area contributed by atoms with E-state index in [-0.39, 0.29) is 5.56 Å². The summed E-state index contributed by atoms with van der Waals surface area (Å²) in [7, 11) is 1.77. The van der Waals surface area contributed by atoms with Crippen LogP contribution >= 0.6 is 0 Å². The number of hydrogen-bond donors (Lipinski definition) is 0. The molecule has 1 unspecified atom stereocenters. The summed E-state index contributed by atoms with van der Waals surface area (Å²) in [6, 6.07) is 30.0. The molecule has 0 amide bonds. The zero-order valence-corrected chi connectivity index (χ0v) is 18.4. The molecule has 0 aliphatic carbocycles. The fourth-order valence-electron chi connectivity index (χ4n) is 4.13. The Morgan fingerprint density at radius 2 is 1.75 bits per heavy atom. The third-order valence-electron chi connectivity index (χ3n) is 6.15. The molecular weight excluding hydrogens is 396 g/mol. The van der Waals surface area contributed by atoms with Gasteiger partial charge in [-0.15, -0.1) is 0 Å². The fourth-order valence-corrected chi connectivity index (χ4v) is 4.13. The molecule has 0 saturated carbocycles. The van der Waals surface area contributed by atoms with E-state index in [9.17, 15) is 10.1 Å². The van der Waals surface area contributed by atoms with Gasteiger partial charge in [-0.2, -0.15) is 5.26 Å². The highest BCUT2D eigenvalue weighted by atomic mass is 16.5. The van der Waals surface area contributed by atoms with Crippen LogP contribution in [0, 0.1) is 11.3 Å². The molecule has 1 aromatic heterocycles. The van der Waals surface area contributed by atoms with E-state index in [1.165, 1.54) is 0 Å². The fraction of sp³-hybridized carbons (Fsp3) is 0.214. The van der Waals surface area contributed by atoms with Crippen molar-refractivity contribution in [3.8, 4) is 11.8 Å². The lowest BCUT2D eigenvalue weighted by Gasteiger charge is -2.26. The van der Waals surface area contributed by atoms with Crippen LogP contribution in [0.3, 0.4) is 0 Å². The molecule has 0 spiro atoms. The Hall–Kier alpha value is -3.84. The van der Waals surface area contributed by atoms with E-state index >= 15 is 0 Å². The monoisotopic (exact) mass is 422 g/mol. The lowest BCUT2D eigenvalue weighted by Crippen LogP contribution is -2.26. The minimum atomic E-state index is -0.603. The predicted molar refractivity (Wildman–Crippen MR) is 128 cm³/mol. The van der Waals surface area contributed by atoms with Crippen LogP contribution in [0.25, 0.3) is 10.9 Å². The highest BCUT2D eigenvalue weighted by Gasteiger charge is 2.31.